The molecule has 1 aliphatic carbocycles. The molecule has 0 aromatic carbocycles. The molecule has 3 rings (SSSR count). The number of fused-ring (bicyclic) bond motifs is 1. The van der Waals surface area contributed by atoms with E-state index in [1.165, 1.54) is 12.0 Å². The van der Waals surface area contributed by atoms with E-state index >= 15 is 0 Å². The minimum atomic E-state index is 0.740. The fourth-order valence-corrected chi connectivity index (χ4v) is 1.96. The molecule has 1 N–H and O–H groups in total. The third kappa shape index (κ3) is 1.75. The summed E-state index contributed by atoms with van der Waals surface area (Å²) in [4.78, 5) is 4.44. The van der Waals surface area contributed by atoms with Gasteiger partial charge in [0, 0.05) is 12.7 Å². The van der Waals surface area contributed by atoms with Crippen LogP contribution in [-0.2, 0) is 0 Å². The van der Waals surface area contributed by atoms with E-state index in [4.69, 9.17) is 0 Å². The van der Waals surface area contributed by atoms with Gasteiger partial charge in [-0.2, -0.15) is 4.98 Å². The van der Waals surface area contributed by atoms with Gasteiger partial charge in [-0.15, -0.1) is 5.10 Å². The van der Waals surface area contributed by atoms with Gasteiger partial charge in [0.05, 0.1) is 0 Å². The van der Waals surface area contributed by atoms with Crippen LogP contribution in [0.3, 0.4) is 0 Å². The molecule has 0 radical (unpaired) electrons. The largest absolute Gasteiger partial charge is 0.353 e. The van der Waals surface area contributed by atoms with Crippen LogP contribution >= 0.6 is 0 Å². The average Bonchev–Trinajstić information content (AvgIpc) is 2.81. The first-order valence-electron chi connectivity index (χ1n) is 5.79. The summed E-state index contributed by atoms with van der Waals surface area (Å²) in [6.45, 7) is 5.34. The molecule has 0 amide bonds. The Hall–Kier alpha value is -1.58. The van der Waals surface area contributed by atoms with E-state index in [-0.39, 0.29) is 0 Å². The molecule has 1 aliphatic rings. The number of anilines is 1. The average molecular weight is 216 g/mol. The highest BCUT2D eigenvalue weighted by molar-refractivity contribution is 5.45. The van der Waals surface area contributed by atoms with Crippen LogP contribution in [-0.4, -0.2) is 21.1 Å². The van der Waals surface area contributed by atoms with Gasteiger partial charge in [-0.25, -0.2) is 4.52 Å². The summed E-state index contributed by atoms with van der Waals surface area (Å²) >= 11 is 0. The Labute approximate surface area is 94.7 Å². The quantitative estimate of drug-likeness (QED) is 0.854. The Kier molecular flexibility index (Phi) is 2.09. The van der Waals surface area contributed by atoms with Crippen LogP contribution in [0, 0.1) is 18.8 Å². The van der Waals surface area contributed by atoms with Crippen LogP contribution in [0.25, 0.3) is 5.65 Å². The van der Waals surface area contributed by atoms with Crippen LogP contribution in [0.5, 0.6) is 0 Å². The smallest absolute Gasteiger partial charge is 0.243 e. The molecule has 2 atom stereocenters. The Balaban J connectivity index is 1.77. The topological polar surface area (TPSA) is 42.2 Å². The number of aromatic nitrogens is 3. The van der Waals surface area contributed by atoms with Gasteiger partial charge in [-0.05, 0) is 42.9 Å². The molecule has 2 aromatic heterocycles. The zero-order chi connectivity index (χ0) is 11.1. The van der Waals surface area contributed by atoms with Gasteiger partial charge in [-0.1, -0.05) is 6.92 Å². The fourth-order valence-electron chi connectivity index (χ4n) is 1.96. The Morgan fingerprint density at radius 3 is 3.12 bits per heavy atom. The summed E-state index contributed by atoms with van der Waals surface area (Å²) in [7, 11) is 0. The first kappa shape index (κ1) is 9.63. The lowest BCUT2D eigenvalue weighted by molar-refractivity contribution is 0.780. The highest BCUT2D eigenvalue weighted by atomic mass is 15.3. The van der Waals surface area contributed by atoms with Crippen LogP contribution in [0.4, 0.5) is 5.95 Å². The van der Waals surface area contributed by atoms with Gasteiger partial charge in [0.15, 0.2) is 5.65 Å². The lowest BCUT2D eigenvalue weighted by atomic mass is 10.3. The summed E-state index contributed by atoms with van der Waals surface area (Å²) in [5.74, 6) is 2.42. The van der Waals surface area contributed by atoms with Gasteiger partial charge < -0.3 is 5.32 Å². The zero-order valence-electron chi connectivity index (χ0n) is 9.64. The molecule has 16 heavy (non-hydrogen) atoms. The Bertz CT molecular complexity index is 517. The number of pyridine rings is 1. The first-order chi connectivity index (χ1) is 7.72. The van der Waals surface area contributed by atoms with E-state index in [0.717, 1.165) is 30.0 Å². The van der Waals surface area contributed by atoms with Crippen LogP contribution in [0.2, 0.25) is 0 Å². The van der Waals surface area contributed by atoms with Gasteiger partial charge in [-0.3, -0.25) is 0 Å². The van der Waals surface area contributed by atoms with Gasteiger partial charge in [0.1, 0.15) is 0 Å². The van der Waals surface area contributed by atoms with E-state index in [9.17, 15) is 0 Å². The second kappa shape index (κ2) is 3.47. The molecular formula is C12H16N4. The summed E-state index contributed by atoms with van der Waals surface area (Å²) in [5, 5.41) is 7.68. The Morgan fingerprint density at radius 1 is 1.56 bits per heavy atom. The van der Waals surface area contributed by atoms with Gasteiger partial charge >= 0.3 is 0 Å². The number of aryl methyl sites for hydroxylation is 1. The van der Waals surface area contributed by atoms with Crippen LogP contribution in [0.1, 0.15) is 18.9 Å². The van der Waals surface area contributed by atoms with Crippen LogP contribution in [0.15, 0.2) is 18.3 Å². The second-order valence-corrected chi connectivity index (χ2v) is 4.80. The minimum absolute atomic E-state index is 0.740. The predicted octanol–water partition coefficient (Wildman–Crippen LogP) is 2.11. The normalized spacial score (nSPS) is 23.6. The molecule has 4 nitrogen and oxygen atoms in total. The fraction of sp³-hybridized carbons (Fsp3) is 0.500. The first-order valence-corrected chi connectivity index (χ1v) is 5.79. The lowest BCUT2D eigenvalue weighted by Crippen LogP contribution is -2.05. The molecule has 2 aromatic rings. The molecule has 0 bridgehead atoms. The third-order valence-electron chi connectivity index (χ3n) is 3.29. The van der Waals surface area contributed by atoms with Gasteiger partial charge in [0.2, 0.25) is 5.95 Å². The zero-order valence-corrected chi connectivity index (χ0v) is 9.64. The number of nitrogens with zero attached hydrogens (tertiary/aromatic N) is 3. The van der Waals surface area contributed by atoms with Crippen LogP contribution < -0.4 is 5.32 Å². The summed E-state index contributed by atoms with van der Waals surface area (Å²) in [6, 6.07) is 4.08. The number of nitrogens with one attached hydrogen (secondary N) is 1. The van der Waals surface area contributed by atoms with Crippen molar-refractivity contribution < 1.29 is 0 Å². The van der Waals surface area contributed by atoms with Crippen molar-refractivity contribution in [1.29, 1.82) is 0 Å². The molecule has 1 fully saturated rings. The lowest BCUT2D eigenvalue weighted by Gasteiger charge is -1.97. The monoisotopic (exact) mass is 216 g/mol. The summed E-state index contributed by atoms with van der Waals surface area (Å²) in [5.41, 5.74) is 2.12. The molecule has 0 aliphatic heterocycles. The third-order valence-corrected chi connectivity index (χ3v) is 3.29. The molecule has 0 spiro atoms. The van der Waals surface area contributed by atoms with Crippen molar-refractivity contribution in [2.75, 3.05) is 11.9 Å². The van der Waals surface area contributed by atoms with Crippen molar-refractivity contribution in [3.05, 3.63) is 23.9 Å². The number of rotatable bonds is 3. The SMILES string of the molecule is Cc1ccn2nc(NCC3CC3C)nc2c1. The molecule has 2 heterocycles. The molecule has 0 saturated heterocycles. The highest BCUT2D eigenvalue weighted by Crippen LogP contribution is 2.37. The van der Waals surface area contributed by atoms with Crippen molar-refractivity contribution in [3.8, 4) is 0 Å². The number of hydrogen-bond acceptors (Lipinski definition) is 3. The van der Waals surface area contributed by atoms with Crippen molar-refractivity contribution in [2.24, 2.45) is 11.8 Å². The van der Waals surface area contributed by atoms with E-state index < -0.39 is 0 Å². The second-order valence-electron chi connectivity index (χ2n) is 4.80. The summed E-state index contributed by atoms with van der Waals surface area (Å²) < 4.78 is 1.81. The van der Waals surface area contributed by atoms with E-state index in [1.807, 2.05) is 22.8 Å². The number of hydrogen-bond donors (Lipinski definition) is 1. The van der Waals surface area contributed by atoms with Gasteiger partial charge in [0.25, 0.3) is 0 Å². The predicted molar refractivity (Wildman–Crippen MR) is 63.5 cm³/mol. The Morgan fingerprint density at radius 2 is 2.38 bits per heavy atom. The molecule has 4 heteroatoms. The highest BCUT2D eigenvalue weighted by Gasteiger charge is 2.32. The van der Waals surface area contributed by atoms with Crippen molar-refractivity contribution in [1.82, 2.24) is 14.6 Å². The standard InChI is InChI=1S/C12H16N4/c1-8-3-4-16-11(5-8)14-12(15-16)13-7-10-6-9(10)2/h3-5,9-10H,6-7H2,1-2H3,(H,13,15). The summed E-state index contributed by atoms with van der Waals surface area (Å²) in [6.07, 6.45) is 3.28. The molecule has 2 unspecified atom stereocenters. The van der Waals surface area contributed by atoms with E-state index in [1.54, 1.807) is 0 Å². The molecule has 1 saturated carbocycles. The van der Waals surface area contributed by atoms with Crippen molar-refractivity contribution >= 4 is 11.6 Å². The van der Waals surface area contributed by atoms with Crippen molar-refractivity contribution in [3.63, 3.8) is 0 Å². The van der Waals surface area contributed by atoms with E-state index in [0.29, 0.717) is 0 Å². The van der Waals surface area contributed by atoms with E-state index in [2.05, 4.69) is 29.2 Å². The maximum Gasteiger partial charge on any atom is 0.243 e. The molecular weight excluding hydrogens is 200 g/mol. The maximum absolute atomic E-state index is 4.44. The minimum Gasteiger partial charge on any atom is -0.353 e. The maximum atomic E-state index is 4.44. The van der Waals surface area contributed by atoms with Crippen molar-refractivity contribution in [2.45, 2.75) is 20.3 Å². The molecule has 84 valence electrons.